The van der Waals surface area contributed by atoms with Crippen molar-refractivity contribution in [3.8, 4) is 0 Å². The lowest BCUT2D eigenvalue weighted by atomic mass is 10.0. The molecule has 1 aliphatic carbocycles. The second-order valence-electron chi connectivity index (χ2n) is 4.48. The molecule has 0 amide bonds. The average molecular weight is 300 g/mol. The maximum Gasteiger partial charge on any atom is 0.0186 e. The Kier molecular flexibility index (Phi) is 4.74. The number of nitrogens with two attached hydrogens (primary N) is 1. The fourth-order valence-corrected chi connectivity index (χ4v) is 3.86. The Morgan fingerprint density at radius 3 is 2.81 bits per heavy atom. The maximum atomic E-state index is 6.23. The summed E-state index contributed by atoms with van der Waals surface area (Å²) in [6, 6.07) is 8.81. The van der Waals surface area contributed by atoms with Crippen LogP contribution < -0.4 is 5.73 Å². The number of rotatable bonds is 4. The van der Waals surface area contributed by atoms with Crippen molar-refractivity contribution in [2.24, 2.45) is 11.7 Å². The molecule has 1 nitrogen and oxygen atoms in total. The fourth-order valence-electron chi connectivity index (χ4n) is 2.27. The Morgan fingerprint density at radius 1 is 1.38 bits per heavy atom. The molecular weight excluding hydrogens is 282 g/mol. The Hall–Kier alpha value is 0.01000. The van der Waals surface area contributed by atoms with Gasteiger partial charge in [-0.3, -0.25) is 0 Å². The first-order valence-electron chi connectivity index (χ1n) is 5.89. The van der Waals surface area contributed by atoms with E-state index in [0.29, 0.717) is 6.04 Å². The Bertz CT molecular complexity index is 336. The lowest BCUT2D eigenvalue weighted by Crippen LogP contribution is -2.30. The number of halogens is 1. The number of hydrogen-bond donors (Lipinski definition) is 1. The summed E-state index contributed by atoms with van der Waals surface area (Å²) in [6.45, 7) is 0. The van der Waals surface area contributed by atoms with Crippen molar-refractivity contribution in [3.63, 3.8) is 0 Å². The van der Waals surface area contributed by atoms with Crippen LogP contribution in [0.5, 0.6) is 0 Å². The van der Waals surface area contributed by atoms with Crippen LogP contribution in [0, 0.1) is 5.92 Å². The SMILES string of the molecule is NC(CSc1cccc(Br)c1)C1CCCC1. The molecule has 2 N–H and O–H groups in total. The molecule has 1 aromatic carbocycles. The van der Waals surface area contributed by atoms with E-state index < -0.39 is 0 Å². The third kappa shape index (κ3) is 3.51. The van der Waals surface area contributed by atoms with E-state index in [1.165, 1.54) is 30.6 Å². The number of hydrogen-bond acceptors (Lipinski definition) is 2. The van der Waals surface area contributed by atoms with E-state index in [9.17, 15) is 0 Å². The van der Waals surface area contributed by atoms with E-state index in [1.54, 1.807) is 0 Å². The normalized spacial score (nSPS) is 18.9. The molecule has 88 valence electrons. The van der Waals surface area contributed by atoms with E-state index in [0.717, 1.165) is 16.1 Å². The third-order valence-corrected chi connectivity index (χ3v) is 4.88. The summed E-state index contributed by atoms with van der Waals surface area (Å²) in [4.78, 5) is 1.31. The van der Waals surface area contributed by atoms with Gasteiger partial charge in [-0.1, -0.05) is 34.8 Å². The highest BCUT2D eigenvalue weighted by Crippen LogP contribution is 2.30. The molecule has 0 radical (unpaired) electrons. The minimum absolute atomic E-state index is 0.367. The molecular formula is C13H18BrNS. The van der Waals surface area contributed by atoms with Gasteiger partial charge < -0.3 is 5.73 Å². The van der Waals surface area contributed by atoms with E-state index in [4.69, 9.17) is 5.73 Å². The Balaban J connectivity index is 1.82. The maximum absolute atomic E-state index is 6.23. The number of thioether (sulfide) groups is 1. The highest BCUT2D eigenvalue weighted by molar-refractivity contribution is 9.10. The van der Waals surface area contributed by atoms with Gasteiger partial charge in [0.1, 0.15) is 0 Å². The quantitative estimate of drug-likeness (QED) is 0.849. The molecule has 16 heavy (non-hydrogen) atoms. The molecule has 0 aromatic heterocycles. The monoisotopic (exact) mass is 299 g/mol. The Morgan fingerprint density at radius 2 is 2.12 bits per heavy atom. The first-order chi connectivity index (χ1) is 7.75. The van der Waals surface area contributed by atoms with Gasteiger partial charge in [0.25, 0.3) is 0 Å². The van der Waals surface area contributed by atoms with Gasteiger partial charge >= 0.3 is 0 Å². The standard InChI is InChI=1S/C13H18BrNS/c14-11-6-3-7-12(8-11)16-9-13(15)10-4-1-2-5-10/h3,6-8,10,13H,1-2,4-5,9,15H2. The van der Waals surface area contributed by atoms with Crippen LogP contribution in [-0.2, 0) is 0 Å². The lowest BCUT2D eigenvalue weighted by Gasteiger charge is -2.18. The fraction of sp³-hybridized carbons (Fsp3) is 0.538. The summed E-state index contributed by atoms with van der Waals surface area (Å²) in [6.07, 6.45) is 5.42. The van der Waals surface area contributed by atoms with Gasteiger partial charge in [0.15, 0.2) is 0 Å². The molecule has 0 aliphatic heterocycles. The molecule has 1 aliphatic rings. The van der Waals surface area contributed by atoms with Crippen LogP contribution in [0.25, 0.3) is 0 Å². The zero-order valence-corrected chi connectivity index (χ0v) is 11.8. The second kappa shape index (κ2) is 6.08. The Labute approximate surface area is 110 Å². The van der Waals surface area contributed by atoms with Crippen molar-refractivity contribution < 1.29 is 0 Å². The van der Waals surface area contributed by atoms with Crippen molar-refractivity contribution in [3.05, 3.63) is 28.7 Å². The topological polar surface area (TPSA) is 26.0 Å². The highest BCUT2D eigenvalue weighted by Gasteiger charge is 2.21. The summed E-state index contributed by atoms with van der Waals surface area (Å²) >= 11 is 5.37. The van der Waals surface area contributed by atoms with E-state index >= 15 is 0 Å². The zero-order chi connectivity index (χ0) is 11.4. The van der Waals surface area contributed by atoms with Gasteiger partial charge in [-0.25, -0.2) is 0 Å². The minimum atomic E-state index is 0.367. The van der Waals surface area contributed by atoms with Crippen LogP contribution in [0.1, 0.15) is 25.7 Å². The molecule has 3 heteroatoms. The molecule has 1 atom stereocenters. The second-order valence-corrected chi connectivity index (χ2v) is 6.49. The van der Waals surface area contributed by atoms with Crippen LogP contribution in [0.4, 0.5) is 0 Å². The van der Waals surface area contributed by atoms with Crippen LogP contribution in [0.15, 0.2) is 33.6 Å². The smallest absolute Gasteiger partial charge is 0.0186 e. The minimum Gasteiger partial charge on any atom is -0.327 e. The van der Waals surface area contributed by atoms with Crippen molar-refractivity contribution in [1.29, 1.82) is 0 Å². The van der Waals surface area contributed by atoms with Crippen molar-refractivity contribution >= 4 is 27.7 Å². The van der Waals surface area contributed by atoms with E-state index in [2.05, 4.69) is 40.2 Å². The highest BCUT2D eigenvalue weighted by atomic mass is 79.9. The van der Waals surface area contributed by atoms with Gasteiger partial charge in [-0.2, -0.15) is 0 Å². The molecule has 1 unspecified atom stereocenters. The first kappa shape index (κ1) is 12.5. The van der Waals surface area contributed by atoms with Gasteiger partial charge in [0.2, 0.25) is 0 Å². The summed E-state index contributed by atoms with van der Waals surface area (Å²) in [5, 5.41) is 0. The molecule has 0 spiro atoms. The molecule has 0 saturated heterocycles. The van der Waals surface area contributed by atoms with Crippen molar-refractivity contribution in [2.45, 2.75) is 36.6 Å². The molecule has 1 aromatic rings. The van der Waals surface area contributed by atoms with Gasteiger partial charge in [0.05, 0.1) is 0 Å². The van der Waals surface area contributed by atoms with E-state index in [1.807, 2.05) is 11.8 Å². The van der Waals surface area contributed by atoms with Crippen LogP contribution in [-0.4, -0.2) is 11.8 Å². The molecule has 1 saturated carbocycles. The van der Waals surface area contributed by atoms with Gasteiger partial charge in [-0.15, -0.1) is 11.8 Å². The molecule has 2 rings (SSSR count). The third-order valence-electron chi connectivity index (χ3n) is 3.24. The molecule has 0 heterocycles. The number of benzene rings is 1. The van der Waals surface area contributed by atoms with Gasteiger partial charge in [0, 0.05) is 21.2 Å². The summed E-state index contributed by atoms with van der Waals surface area (Å²) in [7, 11) is 0. The van der Waals surface area contributed by atoms with Crippen molar-refractivity contribution in [1.82, 2.24) is 0 Å². The summed E-state index contributed by atoms with van der Waals surface area (Å²) in [5.74, 6) is 1.81. The van der Waals surface area contributed by atoms with Crippen LogP contribution in [0.2, 0.25) is 0 Å². The predicted octanol–water partition coefficient (Wildman–Crippen LogP) is 4.06. The lowest BCUT2D eigenvalue weighted by molar-refractivity contribution is 0.463. The molecule has 0 bridgehead atoms. The predicted molar refractivity (Wildman–Crippen MR) is 74.8 cm³/mol. The zero-order valence-electron chi connectivity index (χ0n) is 9.36. The van der Waals surface area contributed by atoms with Crippen molar-refractivity contribution in [2.75, 3.05) is 5.75 Å². The molecule has 1 fully saturated rings. The first-order valence-corrected chi connectivity index (χ1v) is 7.67. The van der Waals surface area contributed by atoms with Crippen LogP contribution in [0.3, 0.4) is 0 Å². The summed E-state index contributed by atoms with van der Waals surface area (Å²) < 4.78 is 1.15. The van der Waals surface area contributed by atoms with Gasteiger partial charge in [-0.05, 0) is 37.0 Å². The van der Waals surface area contributed by atoms with Crippen LogP contribution >= 0.6 is 27.7 Å². The largest absolute Gasteiger partial charge is 0.327 e. The summed E-state index contributed by atoms with van der Waals surface area (Å²) in [5.41, 5.74) is 6.23. The van der Waals surface area contributed by atoms with E-state index in [-0.39, 0.29) is 0 Å². The average Bonchev–Trinajstić information content (AvgIpc) is 2.79.